The quantitative estimate of drug-likeness (QED) is 0.723. The molecule has 0 aromatic rings. The SMILES string of the molecule is CC(C)(C)OCC(=O)N1CCN(S(C)(=O)=O)CC1. The average Bonchev–Trinajstić information content (AvgIpc) is 2.24. The zero-order valence-electron chi connectivity index (χ0n) is 11.5. The fourth-order valence-electron chi connectivity index (χ4n) is 1.64. The first-order chi connectivity index (χ1) is 8.09. The standard InChI is InChI=1S/C11H22N2O4S/c1-11(2,3)17-9-10(14)12-5-7-13(8-6-12)18(4,15)16/h5-9H2,1-4H3. The molecule has 0 atom stereocenters. The molecule has 0 aliphatic carbocycles. The monoisotopic (exact) mass is 278 g/mol. The number of nitrogens with zero attached hydrogens (tertiary/aromatic N) is 2. The second-order valence-corrected chi connectivity index (χ2v) is 7.43. The predicted octanol–water partition coefficient (Wildman–Crippen LogP) is -0.0947. The topological polar surface area (TPSA) is 66.9 Å². The van der Waals surface area contributed by atoms with Crippen molar-refractivity contribution >= 4 is 15.9 Å². The van der Waals surface area contributed by atoms with E-state index in [-0.39, 0.29) is 18.1 Å². The van der Waals surface area contributed by atoms with Gasteiger partial charge in [-0.2, -0.15) is 4.31 Å². The van der Waals surface area contributed by atoms with Gasteiger partial charge in [0.05, 0.1) is 11.9 Å². The molecule has 7 heteroatoms. The molecular formula is C11H22N2O4S. The molecule has 0 unspecified atom stereocenters. The van der Waals surface area contributed by atoms with E-state index < -0.39 is 10.0 Å². The molecule has 0 radical (unpaired) electrons. The fourth-order valence-corrected chi connectivity index (χ4v) is 2.47. The molecule has 18 heavy (non-hydrogen) atoms. The van der Waals surface area contributed by atoms with Crippen molar-refractivity contribution in [1.82, 2.24) is 9.21 Å². The molecule has 1 amide bonds. The van der Waals surface area contributed by atoms with Crippen LogP contribution in [0.3, 0.4) is 0 Å². The second-order valence-electron chi connectivity index (χ2n) is 5.44. The molecule has 0 spiro atoms. The van der Waals surface area contributed by atoms with Gasteiger partial charge in [-0.25, -0.2) is 8.42 Å². The van der Waals surface area contributed by atoms with Gasteiger partial charge in [0.15, 0.2) is 0 Å². The smallest absolute Gasteiger partial charge is 0.248 e. The van der Waals surface area contributed by atoms with Gasteiger partial charge in [0, 0.05) is 26.2 Å². The first-order valence-corrected chi connectivity index (χ1v) is 7.81. The molecule has 106 valence electrons. The summed E-state index contributed by atoms with van der Waals surface area (Å²) in [5.74, 6) is -0.0851. The first-order valence-electron chi connectivity index (χ1n) is 5.96. The molecule has 0 aromatic carbocycles. The van der Waals surface area contributed by atoms with E-state index in [1.54, 1.807) is 4.90 Å². The number of carbonyl (C=O) groups is 1. The van der Waals surface area contributed by atoms with Gasteiger partial charge in [-0.3, -0.25) is 4.79 Å². The molecule has 1 fully saturated rings. The van der Waals surface area contributed by atoms with Gasteiger partial charge in [0.25, 0.3) is 0 Å². The van der Waals surface area contributed by atoms with Gasteiger partial charge >= 0.3 is 0 Å². The summed E-state index contributed by atoms with van der Waals surface area (Å²) in [5, 5.41) is 0. The van der Waals surface area contributed by atoms with Gasteiger partial charge in [-0.05, 0) is 20.8 Å². The van der Waals surface area contributed by atoms with Gasteiger partial charge in [0.1, 0.15) is 6.61 Å². The van der Waals surface area contributed by atoms with Crippen LogP contribution in [-0.2, 0) is 19.6 Å². The Kier molecular flexibility index (Phi) is 4.74. The molecule has 1 aliphatic rings. The van der Waals surface area contributed by atoms with Crippen LogP contribution in [-0.4, -0.2) is 68.2 Å². The van der Waals surface area contributed by atoms with Crippen LogP contribution in [0.2, 0.25) is 0 Å². The molecule has 0 bridgehead atoms. The van der Waals surface area contributed by atoms with Gasteiger partial charge < -0.3 is 9.64 Å². The number of carbonyl (C=O) groups excluding carboxylic acids is 1. The van der Waals surface area contributed by atoms with Crippen LogP contribution < -0.4 is 0 Å². The van der Waals surface area contributed by atoms with E-state index in [0.29, 0.717) is 26.2 Å². The van der Waals surface area contributed by atoms with E-state index in [1.807, 2.05) is 20.8 Å². The number of piperazine rings is 1. The minimum absolute atomic E-state index is 0.0440. The van der Waals surface area contributed by atoms with Gasteiger partial charge in [0.2, 0.25) is 15.9 Å². The first kappa shape index (κ1) is 15.4. The normalized spacial score (nSPS) is 19.0. The summed E-state index contributed by atoms with van der Waals surface area (Å²) in [6.07, 6.45) is 1.19. The number of hydrogen-bond acceptors (Lipinski definition) is 4. The van der Waals surface area contributed by atoms with E-state index in [2.05, 4.69) is 0 Å². The van der Waals surface area contributed by atoms with Crippen molar-refractivity contribution in [3.63, 3.8) is 0 Å². The predicted molar refractivity (Wildman–Crippen MR) is 68.7 cm³/mol. The summed E-state index contributed by atoms with van der Waals surface area (Å²) in [7, 11) is -3.15. The van der Waals surface area contributed by atoms with Crippen molar-refractivity contribution in [3.05, 3.63) is 0 Å². The zero-order chi connectivity index (χ0) is 14.0. The van der Waals surface area contributed by atoms with Crippen LogP contribution in [0.15, 0.2) is 0 Å². The molecule has 0 aromatic heterocycles. The Labute approximate surface area is 109 Å². The minimum atomic E-state index is -3.15. The highest BCUT2D eigenvalue weighted by atomic mass is 32.2. The van der Waals surface area contributed by atoms with E-state index in [0.717, 1.165) is 0 Å². The highest BCUT2D eigenvalue weighted by molar-refractivity contribution is 7.88. The average molecular weight is 278 g/mol. The Bertz CT molecular complexity index is 392. The molecule has 1 aliphatic heterocycles. The van der Waals surface area contributed by atoms with Crippen molar-refractivity contribution < 1.29 is 17.9 Å². The number of amides is 1. The van der Waals surface area contributed by atoms with Gasteiger partial charge in [-0.1, -0.05) is 0 Å². The summed E-state index contributed by atoms with van der Waals surface area (Å²) >= 11 is 0. The van der Waals surface area contributed by atoms with Crippen LogP contribution in [0.5, 0.6) is 0 Å². The van der Waals surface area contributed by atoms with Crippen LogP contribution in [0, 0.1) is 0 Å². The lowest BCUT2D eigenvalue weighted by molar-refractivity contribution is -0.142. The second kappa shape index (κ2) is 5.54. The molecule has 1 heterocycles. The third kappa shape index (κ3) is 4.91. The Morgan fingerprint density at radius 1 is 1.17 bits per heavy atom. The van der Waals surface area contributed by atoms with Crippen molar-refractivity contribution in [3.8, 4) is 0 Å². The van der Waals surface area contributed by atoms with Crippen LogP contribution >= 0.6 is 0 Å². The largest absolute Gasteiger partial charge is 0.366 e. The van der Waals surface area contributed by atoms with Crippen LogP contribution in [0.4, 0.5) is 0 Å². The Hall–Kier alpha value is -0.660. The maximum absolute atomic E-state index is 11.8. The Morgan fingerprint density at radius 3 is 2.06 bits per heavy atom. The van der Waals surface area contributed by atoms with Gasteiger partial charge in [-0.15, -0.1) is 0 Å². The summed E-state index contributed by atoms with van der Waals surface area (Å²) < 4.78 is 29.4. The summed E-state index contributed by atoms with van der Waals surface area (Å²) in [4.78, 5) is 13.5. The molecule has 1 rings (SSSR count). The third-order valence-corrected chi connectivity index (χ3v) is 3.99. The van der Waals surface area contributed by atoms with Crippen LogP contribution in [0.1, 0.15) is 20.8 Å². The molecule has 6 nitrogen and oxygen atoms in total. The minimum Gasteiger partial charge on any atom is -0.366 e. The van der Waals surface area contributed by atoms with E-state index >= 15 is 0 Å². The maximum atomic E-state index is 11.8. The summed E-state index contributed by atoms with van der Waals surface area (Å²) in [5.41, 5.74) is -0.343. The number of rotatable bonds is 3. The molecule has 1 saturated heterocycles. The highest BCUT2D eigenvalue weighted by Gasteiger charge is 2.26. The lowest BCUT2D eigenvalue weighted by atomic mass is 10.2. The van der Waals surface area contributed by atoms with Crippen molar-refractivity contribution in [1.29, 1.82) is 0 Å². The van der Waals surface area contributed by atoms with E-state index in [4.69, 9.17) is 4.74 Å². The summed E-state index contributed by atoms with van der Waals surface area (Å²) in [6, 6.07) is 0. The van der Waals surface area contributed by atoms with Crippen LogP contribution in [0.25, 0.3) is 0 Å². The lowest BCUT2D eigenvalue weighted by Gasteiger charge is -2.33. The molecule has 0 N–H and O–H groups in total. The summed E-state index contributed by atoms with van der Waals surface area (Å²) in [6.45, 7) is 7.30. The molecular weight excluding hydrogens is 256 g/mol. The van der Waals surface area contributed by atoms with E-state index in [1.165, 1.54) is 10.6 Å². The fraction of sp³-hybridized carbons (Fsp3) is 0.909. The molecule has 0 saturated carbocycles. The Morgan fingerprint density at radius 2 is 1.67 bits per heavy atom. The Balaban J connectivity index is 2.41. The lowest BCUT2D eigenvalue weighted by Crippen LogP contribution is -2.51. The zero-order valence-corrected chi connectivity index (χ0v) is 12.3. The number of ether oxygens (including phenoxy) is 1. The number of sulfonamides is 1. The third-order valence-electron chi connectivity index (χ3n) is 2.69. The number of hydrogen-bond donors (Lipinski definition) is 0. The maximum Gasteiger partial charge on any atom is 0.248 e. The van der Waals surface area contributed by atoms with Crippen molar-refractivity contribution in [2.45, 2.75) is 26.4 Å². The van der Waals surface area contributed by atoms with Crippen molar-refractivity contribution in [2.75, 3.05) is 39.0 Å². The van der Waals surface area contributed by atoms with Crippen molar-refractivity contribution in [2.24, 2.45) is 0 Å². The van der Waals surface area contributed by atoms with E-state index in [9.17, 15) is 13.2 Å². The highest BCUT2D eigenvalue weighted by Crippen LogP contribution is 2.09.